The second-order valence-corrected chi connectivity index (χ2v) is 5.71. The summed E-state index contributed by atoms with van der Waals surface area (Å²) >= 11 is 0. The number of anilines is 1. The van der Waals surface area contributed by atoms with Crippen LogP contribution in [0.3, 0.4) is 0 Å². The van der Waals surface area contributed by atoms with Gasteiger partial charge in [-0.1, -0.05) is 0 Å². The molecule has 7 heteroatoms. The Morgan fingerprint density at radius 1 is 1.32 bits per heavy atom. The number of nitro benzene ring substituents is 1. The number of carbonyl (C=O) groups is 1. The van der Waals surface area contributed by atoms with Gasteiger partial charge in [0.1, 0.15) is 5.69 Å². The van der Waals surface area contributed by atoms with Gasteiger partial charge in [0.05, 0.1) is 4.92 Å². The molecular weight excluding hydrogens is 284 g/mol. The van der Waals surface area contributed by atoms with Gasteiger partial charge in [-0.25, -0.2) is 0 Å². The lowest BCUT2D eigenvalue weighted by Gasteiger charge is -2.30. The highest BCUT2D eigenvalue weighted by Gasteiger charge is 2.17. The highest BCUT2D eigenvalue weighted by Crippen LogP contribution is 2.25. The molecule has 0 unspecified atom stereocenters. The van der Waals surface area contributed by atoms with E-state index in [4.69, 9.17) is 5.73 Å². The normalized spacial score (nSPS) is 11.2. The molecule has 122 valence electrons. The average molecular weight is 308 g/mol. The third-order valence-corrected chi connectivity index (χ3v) is 3.49. The minimum Gasteiger partial charge on any atom is -0.378 e. The van der Waals surface area contributed by atoms with Crippen molar-refractivity contribution in [2.45, 2.75) is 39.8 Å². The second kappa shape index (κ2) is 7.74. The summed E-state index contributed by atoms with van der Waals surface area (Å²) in [5, 5.41) is 14.2. The topological polar surface area (TPSA) is 102 Å². The summed E-state index contributed by atoms with van der Waals surface area (Å²) in [6.07, 6.45) is 0. The van der Waals surface area contributed by atoms with Gasteiger partial charge in [-0.15, -0.1) is 0 Å². The first-order chi connectivity index (χ1) is 10.2. The molecule has 22 heavy (non-hydrogen) atoms. The Hall–Kier alpha value is -2.15. The Kier molecular flexibility index (Phi) is 6.30. The summed E-state index contributed by atoms with van der Waals surface area (Å²) in [5.41, 5.74) is 5.53. The molecule has 0 saturated carbocycles. The first-order valence-corrected chi connectivity index (χ1v) is 7.32. The van der Waals surface area contributed by atoms with Crippen LogP contribution < -0.4 is 11.1 Å². The fourth-order valence-corrected chi connectivity index (χ4v) is 2.42. The Labute approximate surface area is 130 Å². The predicted octanol–water partition coefficient (Wildman–Crippen LogP) is 2.22. The molecule has 0 aliphatic rings. The number of nitro groups is 1. The molecule has 0 bridgehead atoms. The zero-order chi connectivity index (χ0) is 16.9. The lowest BCUT2D eigenvalue weighted by Crippen LogP contribution is -2.40. The highest BCUT2D eigenvalue weighted by molar-refractivity contribution is 5.94. The number of benzene rings is 1. The number of primary amides is 1. The van der Waals surface area contributed by atoms with Crippen LogP contribution in [0.5, 0.6) is 0 Å². The molecule has 0 aliphatic carbocycles. The largest absolute Gasteiger partial charge is 0.378 e. The fourth-order valence-electron chi connectivity index (χ4n) is 2.42. The SMILES string of the molecule is CC(C)N(CCNc1ccc(C(N)=O)cc1[N+](=O)[O-])C(C)C. The summed E-state index contributed by atoms with van der Waals surface area (Å²) in [6.45, 7) is 9.81. The number of rotatable bonds is 8. The summed E-state index contributed by atoms with van der Waals surface area (Å²) < 4.78 is 0. The smallest absolute Gasteiger partial charge is 0.293 e. The number of hydrogen-bond acceptors (Lipinski definition) is 5. The van der Waals surface area contributed by atoms with Gasteiger partial charge in [-0.3, -0.25) is 19.8 Å². The maximum absolute atomic E-state index is 11.1. The molecule has 0 radical (unpaired) electrons. The van der Waals surface area contributed by atoms with E-state index >= 15 is 0 Å². The number of nitrogens with two attached hydrogens (primary N) is 1. The molecule has 0 saturated heterocycles. The van der Waals surface area contributed by atoms with E-state index in [-0.39, 0.29) is 11.3 Å². The van der Waals surface area contributed by atoms with Crippen molar-refractivity contribution < 1.29 is 9.72 Å². The molecule has 1 aromatic carbocycles. The van der Waals surface area contributed by atoms with Gasteiger partial charge in [0.2, 0.25) is 5.91 Å². The van der Waals surface area contributed by atoms with Gasteiger partial charge in [-0.05, 0) is 39.8 Å². The van der Waals surface area contributed by atoms with Crippen molar-refractivity contribution in [1.82, 2.24) is 4.90 Å². The van der Waals surface area contributed by atoms with Crippen LogP contribution >= 0.6 is 0 Å². The van der Waals surface area contributed by atoms with Gasteiger partial charge in [0, 0.05) is 36.8 Å². The van der Waals surface area contributed by atoms with Crippen molar-refractivity contribution in [3.05, 3.63) is 33.9 Å². The maximum Gasteiger partial charge on any atom is 0.293 e. The van der Waals surface area contributed by atoms with E-state index < -0.39 is 10.8 Å². The molecule has 7 nitrogen and oxygen atoms in total. The van der Waals surface area contributed by atoms with Crippen LogP contribution in [0, 0.1) is 10.1 Å². The van der Waals surface area contributed by atoms with E-state index in [2.05, 4.69) is 37.9 Å². The summed E-state index contributed by atoms with van der Waals surface area (Å²) in [6, 6.07) is 5.00. The second-order valence-electron chi connectivity index (χ2n) is 5.71. The van der Waals surface area contributed by atoms with E-state index in [1.54, 1.807) is 0 Å². The van der Waals surface area contributed by atoms with Crippen LogP contribution in [0.2, 0.25) is 0 Å². The number of hydrogen-bond donors (Lipinski definition) is 2. The van der Waals surface area contributed by atoms with Gasteiger partial charge in [0.15, 0.2) is 0 Å². The van der Waals surface area contributed by atoms with Crippen LogP contribution in [-0.4, -0.2) is 40.9 Å². The third kappa shape index (κ3) is 4.70. The average Bonchev–Trinajstić information content (AvgIpc) is 2.42. The standard InChI is InChI=1S/C15H24N4O3/c1-10(2)18(11(3)4)8-7-17-13-6-5-12(15(16)20)9-14(13)19(21)22/h5-6,9-11,17H,7-8H2,1-4H3,(H2,16,20). The third-order valence-electron chi connectivity index (χ3n) is 3.49. The van der Waals surface area contributed by atoms with Crippen molar-refractivity contribution in [3.63, 3.8) is 0 Å². The molecule has 1 aromatic rings. The van der Waals surface area contributed by atoms with Crippen LogP contribution in [0.4, 0.5) is 11.4 Å². The number of nitrogens with zero attached hydrogens (tertiary/aromatic N) is 2. The molecule has 0 heterocycles. The van der Waals surface area contributed by atoms with Crippen LogP contribution in [0.15, 0.2) is 18.2 Å². The maximum atomic E-state index is 11.1. The highest BCUT2D eigenvalue weighted by atomic mass is 16.6. The summed E-state index contributed by atoms with van der Waals surface area (Å²) in [4.78, 5) is 24.0. The Balaban J connectivity index is 2.81. The minimum atomic E-state index is -0.680. The van der Waals surface area contributed by atoms with E-state index in [1.807, 2.05) is 0 Å². The van der Waals surface area contributed by atoms with E-state index in [0.717, 1.165) is 6.54 Å². The Morgan fingerprint density at radius 3 is 2.36 bits per heavy atom. The number of amides is 1. The lowest BCUT2D eigenvalue weighted by atomic mass is 10.1. The van der Waals surface area contributed by atoms with Gasteiger partial charge < -0.3 is 11.1 Å². The predicted molar refractivity (Wildman–Crippen MR) is 87.1 cm³/mol. The Bertz CT molecular complexity index is 536. The molecule has 1 amide bonds. The first kappa shape index (κ1) is 17.9. The summed E-state index contributed by atoms with van der Waals surface area (Å²) in [7, 11) is 0. The number of carbonyl (C=O) groups excluding carboxylic acids is 1. The number of nitrogens with one attached hydrogen (secondary N) is 1. The molecular formula is C15H24N4O3. The zero-order valence-corrected chi connectivity index (χ0v) is 13.5. The van der Waals surface area contributed by atoms with Crippen LogP contribution in [-0.2, 0) is 0 Å². The molecule has 0 aromatic heterocycles. The quantitative estimate of drug-likeness (QED) is 0.566. The lowest BCUT2D eigenvalue weighted by molar-refractivity contribution is -0.384. The zero-order valence-electron chi connectivity index (χ0n) is 13.5. The van der Waals surface area contributed by atoms with Crippen LogP contribution in [0.25, 0.3) is 0 Å². The van der Waals surface area contributed by atoms with Gasteiger partial charge >= 0.3 is 0 Å². The minimum absolute atomic E-state index is 0.128. The van der Waals surface area contributed by atoms with E-state index in [1.165, 1.54) is 18.2 Å². The molecule has 0 spiro atoms. The van der Waals surface area contributed by atoms with Crippen molar-refractivity contribution in [2.75, 3.05) is 18.4 Å². The monoisotopic (exact) mass is 308 g/mol. The van der Waals surface area contributed by atoms with Crippen molar-refractivity contribution in [3.8, 4) is 0 Å². The summed E-state index contributed by atoms with van der Waals surface area (Å²) in [5.74, 6) is -0.680. The fraction of sp³-hybridized carbons (Fsp3) is 0.533. The molecule has 0 fully saturated rings. The van der Waals surface area contributed by atoms with Crippen molar-refractivity contribution in [1.29, 1.82) is 0 Å². The molecule has 0 aliphatic heterocycles. The Morgan fingerprint density at radius 2 is 1.91 bits per heavy atom. The van der Waals surface area contributed by atoms with E-state index in [0.29, 0.717) is 24.3 Å². The van der Waals surface area contributed by atoms with Gasteiger partial charge in [0.25, 0.3) is 5.69 Å². The molecule has 0 atom stereocenters. The van der Waals surface area contributed by atoms with Crippen molar-refractivity contribution >= 4 is 17.3 Å². The first-order valence-electron chi connectivity index (χ1n) is 7.32. The molecule has 1 rings (SSSR count). The van der Waals surface area contributed by atoms with Gasteiger partial charge in [-0.2, -0.15) is 0 Å². The van der Waals surface area contributed by atoms with E-state index in [9.17, 15) is 14.9 Å². The van der Waals surface area contributed by atoms with Crippen LogP contribution in [0.1, 0.15) is 38.1 Å². The van der Waals surface area contributed by atoms with Crippen molar-refractivity contribution in [2.24, 2.45) is 5.73 Å². The molecule has 3 N–H and O–H groups in total.